The molecule has 1 fully saturated rings. The van der Waals surface area contributed by atoms with Crippen LogP contribution in [0.2, 0.25) is 0 Å². The molecule has 3 rings (SSSR count). The first-order chi connectivity index (χ1) is 10.9. The molecule has 4 nitrogen and oxygen atoms in total. The van der Waals surface area contributed by atoms with Crippen molar-refractivity contribution in [3.05, 3.63) is 60.2 Å². The van der Waals surface area contributed by atoms with Gasteiger partial charge in [-0.3, -0.25) is 20.0 Å². The molecule has 4 heteroatoms. The molecule has 112 valence electrons. The molecule has 0 bridgehead atoms. The van der Waals surface area contributed by atoms with E-state index < -0.39 is 0 Å². The van der Waals surface area contributed by atoms with Crippen LogP contribution in [0.15, 0.2) is 58.8 Å². The molecule has 0 N–H and O–H groups in total. The van der Waals surface area contributed by atoms with Gasteiger partial charge in [0.2, 0.25) is 0 Å². The van der Waals surface area contributed by atoms with Crippen molar-refractivity contribution in [3.8, 4) is 0 Å². The largest absolute Gasteiger partial charge is 0.285 e. The van der Waals surface area contributed by atoms with Crippen LogP contribution in [-0.4, -0.2) is 34.5 Å². The molecule has 2 heterocycles. The smallest absolute Gasteiger partial charge is 0.0807 e. The SMILES string of the molecule is C(=N\[C@@H]1CCCC[C@H]1/N=C/c1ccccn1)/c1ccccn1. The molecule has 1 saturated carbocycles. The van der Waals surface area contributed by atoms with Gasteiger partial charge in [-0.2, -0.15) is 0 Å². The predicted octanol–water partition coefficient (Wildman–Crippen LogP) is 3.33. The van der Waals surface area contributed by atoms with E-state index in [4.69, 9.17) is 9.98 Å². The van der Waals surface area contributed by atoms with Crippen molar-refractivity contribution in [2.24, 2.45) is 9.98 Å². The van der Waals surface area contributed by atoms with Gasteiger partial charge in [0, 0.05) is 24.8 Å². The summed E-state index contributed by atoms with van der Waals surface area (Å²) in [6.45, 7) is 0. The van der Waals surface area contributed by atoms with Gasteiger partial charge in [-0.1, -0.05) is 25.0 Å². The molecule has 0 aromatic carbocycles. The molecule has 1 aliphatic carbocycles. The Balaban J connectivity index is 1.69. The summed E-state index contributed by atoms with van der Waals surface area (Å²) in [5, 5.41) is 0. The Morgan fingerprint density at radius 2 is 1.27 bits per heavy atom. The minimum atomic E-state index is 0.246. The van der Waals surface area contributed by atoms with Gasteiger partial charge < -0.3 is 0 Å². The van der Waals surface area contributed by atoms with Crippen LogP contribution in [0.3, 0.4) is 0 Å². The molecule has 2 atom stereocenters. The first-order valence-electron chi connectivity index (χ1n) is 7.80. The number of aliphatic imine (C=N–C) groups is 2. The van der Waals surface area contributed by atoms with Crippen molar-refractivity contribution in [3.63, 3.8) is 0 Å². The van der Waals surface area contributed by atoms with Crippen molar-refractivity contribution in [1.29, 1.82) is 0 Å². The third kappa shape index (κ3) is 4.07. The maximum atomic E-state index is 4.73. The van der Waals surface area contributed by atoms with Gasteiger partial charge in [-0.25, -0.2) is 0 Å². The van der Waals surface area contributed by atoms with Crippen LogP contribution in [0.1, 0.15) is 37.1 Å². The van der Waals surface area contributed by atoms with Crippen molar-refractivity contribution >= 4 is 12.4 Å². The molecule has 0 saturated heterocycles. The maximum Gasteiger partial charge on any atom is 0.0807 e. The highest BCUT2D eigenvalue weighted by molar-refractivity contribution is 5.77. The van der Waals surface area contributed by atoms with E-state index in [1.165, 1.54) is 12.8 Å². The van der Waals surface area contributed by atoms with Crippen molar-refractivity contribution in [1.82, 2.24) is 9.97 Å². The highest BCUT2D eigenvalue weighted by Gasteiger charge is 2.23. The Kier molecular flexibility index (Phi) is 5.03. The number of rotatable bonds is 4. The van der Waals surface area contributed by atoms with Crippen LogP contribution in [-0.2, 0) is 0 Å². The Morgan fingerprint density at radius 3 is 1.68 bits per heavy atom. The van der Waals surface area contributed by atoms with E-state index in [0.717, 1.165) is 24.2 Å². The second-order valence-corrected chi connectivity index (χ2v) is 5.48. The Morgan fingerprint density at radius 1 is 0.773 bits per heavy atom. The summed E-state index contributed by atoms with van der Waals surface area (Å²) in [7, 11) is 0. The Bertz CT molecular complexity index is 565. The third-order valence-electron chi connectivity index (χ3n) is 3.87. The van der Waals surface area contributed by atoms with Gasteiger partial charge in [-0.15, -0.1) is 0 Å². The number of nitrogens with zero attached hydrogens (tertiary/aromatic N) is 4. The lowest BCUT2D eigenvalue weighted by atomic mass is 9.91. The topological polar surface area (TPSA) is 50.5 Å². The summed E-state index contributed by atoms with van der Waals surface area (Å²) in [6, 6.07) is 12.2. The van der Waals surface area contributed by atoms with Crippen molar-refractivity contribution in [2.75, 3.05) is 0 Å². The number of pyridine rings is 2. The summed E-state index contributed by atoms with van der Waals surface area (Å²) in [4.78, 5) is 18.0. The zero-order chi connectivity index (χ0) is 15.0. The standard InChI is InChI=1S/C18H20N4/c1-2-10-18(22-14-16-8-4-6-12-20-16)17(9-1)21-13-15-7-3-5-11-19-15/h3-8,11-14,17-18H,1-2,9-10H2/b21-13+,22-14+/t17-,18-/m1/s1. The van der Waals surface area contributed by atoms with Crippen LogP contribution >= 0.6 is 0 Å². The fourth-order valence-electron chi connectivity index (χ4n) is 2.69. The molecule has 0 spiro atoms. The van der Waals surface area contributed by atoms with Crippen LogP contribution in [0.25, 0.3) is 0 Å². The molecular formula is C18H20N4. The molecule has 1 aliphatic rings. The van der Waals surface area contributed by atoms with E-state index in [2.05, 4.69) is 9.97 Å². The lowest BCUT2D eigenvalue weighted by Gasteiger charge is -2.25. The molecular weight excluding hydrogens is 272 g/mol. The molecule has 2 aromatic heterocycles. The summed E-state index contributed by atoms with van der Waals surface area (Å²) >= 11 is 0. The van der Waals surface area contributed by atoms with E-state index in [1.54, 1.807) is 12.4 Å². The average molecular weight is 292 g/mol. The quantitative estimate of drug-likeness (QED) is 0.812. The highest BCUT2D eigenvalue weighted by Crippen LogP contribution is 2.23. The predicted molar refractivity (Wildman–Crippen MR) is 89.7 cm³/mol. The average Bonchev–Trinajstić information content (AvgIpc) is 2.61. The summed E-state index contributed by atoms with van der Waals surface area (Å²) < 4.78 is 0. The highest BCUT2D eigenvalue weighted by atomic mass is 14.9. The molecule has 0 unspecified atom stereocenters. The van der Waals surface area contributed by atoms with Crippen LogP contribution in [0.4, 0.5) is 0 Å². The van der Waals surface area contributed by atoms with Crippen LogP contribution < -0.4 is 0 Å². The maximum absolute atomic E-state index is 4.73. The molecule has 2 aromatic rings. The van der Waals surface area contributed by atoms with Crippen LogP contribution in [0, 0.1) is 0 Å². The van der Waals surface area contributed by atoms with Gasteiger partial charge in [0.1, 0.15) is 0 Å². The Hall–Kier alpha value is -2.36. The van der Waals surface area contributed by atoms with Crippen molar-refractivity contribution in [2.45, 2.75) is 37.8 Å². The van der Waals surface area contributed by atoms with E-state index in [-0.39, 0.29) is 12.1 Å². The molecule has 0 radical (unpaired) electrons. The van der Waals surface area contributed by atoms with Crippen molar-refractivity contribution < 1.29 is 0 Å². The zero-order valence-corrected chi connectivity index (χ0v) is 12.5. The lowest BCUT2D eigenvalue weighted by Crippen LogP contribution is -2.27. The third-order valence-corrected chi connectivity index (χ3v) is 3.87. The summed E-state index contributed by atoms with van der Waals surface area (Å²) in [6.07, 6.45) is 12.0. The van der Waals surface area contributed by atoms with Gasteiger partial charge in [0.05, 0.1) is 23.5 Å². The first kappa shape index (κ1) is 14.6. The normalized spacial score (nSPS) is 22.4. The van der Waals surface area contributed by atoms with Crippen LogP contribution in [0.5, 0.6) is 0 Å². The second kappa shape index (κ2) is 7.59. The minimum absolute atomic E-state index is 0.246. The molecule has 0 amide bonds. The fraction of sp³-hybridized carbons (Fsp3) is 0.333. The zero-order valence-electron chi connectivity index (χ0n) is 12.5. The summed E-state index contributed by atoms with van der Waals surface area (Å²) in [5.41, 5.74) is 1.81. The lowest BCUT2D eigenvalue weighted by molar-refractivity contribution is 0.390. The van der Waals surface area contributed by atoms with E-state index in [0.29, 0.717) is 0 Å². The van der Waals surface area contributed by atoms with E-state index >= 15 is 0 Å². The molecule has 0 aliphatic heterocycles. The number of aromatic nitrogens is 2. The monoisotopic (exact) mass is 292 g/mol. The second-order valence-electron chi connectivity index (χ2n) is 5.48. The number of hydrogen-bond acceptors (Lipinski definition) is 4. The van der Waals surface area contributed by atoms with Gasteiger partial charge in [0.25, 0.3) is 0 Å². The minimum Gasteiger partial charge on any atom is -0.285 e. The van der Waals surface area contributed by atoms with Gasteiger partial charge in [-0.05, 0) is 37.1 Å². The number of hydrogen-bond donors (Lipinski definition) is 0. The first-order valence-corrected chi connectivity index (χ1v) is 7.80. The van der Waals surface area contributed by atoms with E-state index in [9.17, 15) is 0 Å². The van der Waals surface area contributed by atoms with E-state index in [1.807, 2.05) is 48.8 Å². The summed E-state index contributed by atoms with van der Waals surface area (Å²) in [5.74, 6) is 0. The fourth-order valence-corrected chi connectivity index (χ4v) is 2.69. The Labute approximate surface area is 131 Å². The van der Waals surface area contributed by atoms with Gasteiger partial charge in [0.15, 0.2) is 0 Å². The molecule has 22 heavy (non-hydrogen) atoms. The van der Waals surface area contributed by atoms with Gasteiger partial charge >= 0.3 is 0 Å².